The van der Waals surface area contributed by atoms with E-state index in [0.29, 0.717) is 12.2 Å². The van der Waals surface area contributed by atoms with Crippen molar-refractivity contribution < 1.29 is 4.79 Å². The van der Waals surface area contributed by atoms with E-state index >= 15 is 0 Å². The average molecular weight is 187 g/mol. The van der Waals surface area contributed by atoms with Crippen molar-refractivity contribution in [3.05, 3.63) is 29.7 Å². The van der Waals surface area contributed by atoms with Gasteiger partial charge in [0.25, 0.3) is 5.91 Å². The van der Waals surface area contributed by atoms with Gasteiger partial charge in [0, 0.05) is 18.1 Å². The molecule has 4 nitrogen and oxygen atoms in total. The number of carbonyl (C=O) groups is 1. The lowest BCUT2D eigenvalue weighted by Gasteiger charge is -2.15. The maximum absolute atomic E-state index is 11.5. The highest BCUT2D eigenvalue weighted by Gasteiger charge is 2.20. The highest BCUT2D eigenvalue weighted by molar-refractivity contribution is 5.99. The first-order chi connectivity index (χ1) is 6.86. The van der Waals surface area contributed by atoms with Crippen LogP contribution < -0.4 is 5.32 Å². The normalized spacial score (nSPS) is 15.3. The van der Waals surface area contributed by atoms with Crippen molar-refractivity contribution >= 4 is 16.8 Å². The van der Waals surface area contributed by atoms with Crippen LogP contribution in [-0.2, 0) is 6.42 Å². The molecule has 0 aromatic carbocycles. The second-order valence-corrected chi connectivity index (χ2v) is 3.40. The number of aromatic nitrogens is 2. The fourth-order valence-electron chi connectivity index (χ4n) is 1.92. The second-order valence-electron chi connectivity index (χ2n) is 3.40. The van der Waals surface area contributed by atoms with Crippen molar-refractivity contribution in [3.63, 3.8) is 0 Å². The van der Waals surface area contributed by atoms with Crippen LogP contribution in [0.2, 0.25) is 0 Å². The summed E-state index contributed by atoms with van der Waals surface area (Å²) in [5.74, 6) is -0.0608. The zero-order valence-electron chi connectivity index (χ0n) is 7.50. The summed E-state index contributed by atoms with van der Waals surface area (Å²) in [5, 5.41) is 3.90. The molecule has 1 aliphatic heterocycles. The van der Waals surface area contributed by atoms with Crippen LogP contribution >= 0.6 is 0 Å². The molecule has 4 heteroatoms. The maximum Gasteiger partial charge on any atom is 0.270 e. The first kappa shape index (κ1) is 7.55. The van der Waals surface area contributed by atoms with Crippen LogP contribution in [-0.4, -0.2) is 22.4 Å². The molecule has 0 saturated heterocycles. The summed E-state index contributed by atoms with van der Waals surface area (Å²) in [6, 6.07) is 1.99. The number of carbonyl (C=O) groups excluding carboxylic acids is 1. The molecule has 0 aliphatic carbocycles. The van der Waals surface area contributed by atoms with Crippen LogP contribution in [0.25, 0.3) is 10.9 Å². The molecule has 0 radical (unpaired) electrons. The fraction of sp³-hybridized carbons (Fsp3) is 0.200. The van der Waals surface area contributed by atoms with Crippen molar-refractivity contribution in [2.24, 2.45) is 0 Å². The van der Waals surface area contributed by atoms with Gasteiger partial charge in [-0.05, 0) is 18.1 Å². The molecule has 0 fully saturated rings. The van der Waals surface area contributed by atoms with Crippen molar-refractivity contribution in [1.82, 2.24) is 15.3 Å². The zero-order chi connectivity index (χ0) is 9.54. The van der Waals surface area contributed by atoms with Gasteiger partial charge in [-0.25, -0.2) is 4.98 Å². The van der Waals surface area contributed by atoms with Gasteiger partial charge in [0.2, 0.25) is 0 Å². The molecule has 0 saturated carbocycles. The Kier molecular flexibility index (Phi) is 1.39. The number of fused-ring (bicyclic) bond motifs is 3. The summed E-state index contributed by atoms with van der Waals surface area (Å²) in [4.78, 5) is 18.7. The predicted molar refractivity (Wildman–Crippen MR) is 52.1 cm³/mol. The van der Waals surface area contributed by atoms with Crippen LogP contribution in [0.4, 0.5) is 0 Å². The van der Waals surface area contributed by atoms with Gasteiger partial charge in [0.05, 0.1) is 11.7 Å². The number of hydrogen-bond donors (Lipinski definition) is 2. The molecule has 1 amide bonds. The molecule has 70 valence electrons. The molecule has 0 unspecified atom stereocenters. The number of hydrogen-bond acceptors (Lipinski definition) is 2. The monoisotopic (exact) mass is 187 g/mol. The number of rotatable bonds is 0. The Morgan fingerprint density at radius 3 is 3.29 bits per heavy atom. The number of pyridine rings is 1. The number of amides is 1. The quantitative estimate of drug-likeness (QED) is 0.642. The Balaban J connectivity index is 2.38. The van der Waals surface area contributed by atoms with E-state index in [4.69, 9.17) is 0 Å². The summed E-state index contributed by atoms with van der Waals surface area (Å²) < 4.78 is 0. The summed E-state index contributed by atoms with van der Waals surface area (Å²) >= 11 is 0. The first-order valence-electron chi connectivity index (χ1n) is 4.59. The summed E-state index contributed by atoms with van der Waals surface area (Å²) in [6.07, 6.45) is 4.45. The third-order valence-electron chi connectivity index (χ3n) is 2.59. The molecule has 0 bridgehead atoms. The smallest absolute Gasteiger partial charge is 0.270 e. The highest BCUT2D eigenvalue weighted by atomic mass is 16.1. The molecule has 0 spiro atoms. The number of nitrogens with one attached hydrogen (secondary N) is 2. The van der Waals surface area contributed by atoms with Gasteiger partial charge >= 0.3 is 0 Å². The Labute approximate surface area is 80.3 Å². The van der Waals surface area contributed by atoms with E-state index in [2.05, 4.69) is 15.3 Å². The predicted octanol–water partition coefficient (Wildman–Crippen LogP) is 0.849. The first-order valence-corrected chi connectivity index (χ1v) is 4.59. The lowest BCUT2D eigenvalue weighted by molar-refractivity contribution is 0.0941. The lowest BCUT2D eigenvalue weighted by atomic mass is 10.0. The minimum Gasteiger partial charge on any atom is -0.360 e. The number of aromatic amines is 1. The average Bonchev–Trinajstić information content (AvgIpc) is 2.66. The SMILES string of the molecule is O=C1NCCc2c1ncc1[nH]ccc21. The van der Waals surface area contributed by atoms with E-state index in [1.807, 2.05) is 12.3 Å². The largest absolute Gasteiger partial charge is 0.360 e. The van der Waals surface area contributed by atoms with Crippen molar-refractivity contribution in [3.8, 4) is 0 Å². The van der Waals surface area contributed by atoms with Crippen molar-refractivity contribution in [2.45, 2.75) is 6.42 Å². The minimum absolute atomic E-state index is 0.0608. The van der Waals surface area contributed by atoms with E-state index in [1.165, 1.54) is 0 Å². The Morgan fingerprint density at radius 1 is 1.43 bits per heavy atom. The minimum atomic E-state index is -0.0608. The maximum atomic E-state index is 11.5. The van der Waals surface area contributed by atoms with Gasteiger partial charge < -0.3 is 10.3 Å². The van der Waals surface area contributed by atoms with E-state index in [1.54, 1.807) is 6.20 Å². The molecule has 2 N–H and O–H groups in total. The highest BCUT2D eigenvalue weighted by Crippen LogP contribution is 2.21. The molecule has 0 atom stereocenters. The third kappa shape index (κ3) is 0.878. The molecule has 3 rings (SSSR count). The lowest BCUT2D eigenvalue weighted by Crippen LogP contribution is -2.32. The third-order valence-corrected chi connectivity index (χ3v) is 2.59. The van der Waals surface area contributed by atoms with Gasteiger partial charge in [-0.15, -0.1) is 0 Å². The van der Waals surface area contributed by atoms with Gasteiger partial charge in [0.1, 0.15) is 5.69 Å². The topological polar surface area (TPSA) is 57.8 Å². The van der Waals surface area contributed by atoms with Crippen molar-refractivity contribution in [1.29, 1.82) is 0 Å². The van der Waals surface area contributed by atoms with Crippen LogP contribution in [0, 0.1) is 0 Å². The van der Waals surface area contributed by atoms with E-state index < -0.39 is 0 Å². The van der Waals surface area contributed by atoms with Crippen LogP contribution in [0.15, 0.2) is 18.5 Å². The van der Waals surface area contributed by atoms with E-state index in [9.17, 15) is 4.79 Å². The fourth-order valence-corrected chi connectivity index (χ4v) is 1.92. The molecule has 14 heavy (non-hydrogen) atoms. The summed E-state index contributed by atoms with van der Waals surface area (Å²) in [5.41, 5.74) is 2.63. The molecule has 2 aromatic heterocycles. The van der Waals surface area contributed by atoms with Gasteiger partial charge in [-0.2, -0.15) is 0 Å². The van der Waals surface area contributed by atoms with Gasteiger partial charge in [-0.1, -0.05) is 0 Å². The summed E-state index contributed by atoms with van der Waals surface area (Å²) in [7, 11) is 0. The molecule has 2 aromatic rings. The Morgan fingerprint density at radius 2 is 2.36 bits per heavy atom. The number of H-pyrrole nitrogens is 1. The van der Waals surface area contributed by atoms with E-state index in [0.717, 1.165) is 22.9 Å². The van der Waals surface area contributed by atoms with E-state index in [-0.39, 0.29) is 5.91 Å². The van der Waals surface area contributed by atoms with Gasteiger partial charge in [0.15, 0.2) is 0 Å². The molecular formula is C10H9N3O. The number of nitrogens with zero attached hydrogens (tertiary/aromatic N) is 1. The van der Waals surface area contributed by atoms with Gasteiger partial charge in [-0.3, -0.25) is 4.79 Å². The summed E-state index contributed by atoms with van der Waals surface area (Å²) in [6.45, 7) is 0.706. The standard InChI is InChI=1S/C10H9N3O/c14-10-9-7(2-4-12-10)6-1-3-11-8(6)5-13-9/h1,3,5,11H,2,4H2,(H,12,14). The van der Waals surface area contributed by atoms with Crippen molar-refractivity contribution in [2.75, 3.05) is 6.54 Å². The van der Waals surface area contributed by atoms with Crippen LogP contribution in [0.5, 0.6) is 0 Å². The second kappa shape index (κ2) is 2.57. The molecule has 1 aliphatic rings. The van der Waals surface area contributed by atoms with Crippen LogP contribution in [0.1, 0.15) is 16.1 Å². The molecular weight excluding hydrogens is 178 g/mol. The Hall–Kier alpha value is -1.84. The zero-order valence-corrected chi connectivity index (χ0v) is 7.50. The van der Waals surface area contributed by atoms with Crippen LogP contribution in [0.3, 0.4) is 0 Å². The molecule has 3 heterocycles. The Bertz CT molecular complexity index is 515.